The predicted molar refractivity (Wildman–Crippen MR) is 96.3 cm³/mol. The summed E-state index contributed by atoms with van der Waals surface area (Å²) >= 11 is 0. The lowest BCUT2D eigenvalue weighted by atomic mass is 10.2. The van der Waals surface area contributed by atoms with Gasteiger partial charge < -0.3 is 14.8 Å². The molecule has 1 N–H and O–H groups in total. The van der Waals surface area contributed by atoms with E-state index < -0.39 is 29.7 Å². The third-order valence-corrected chi connectivity index (χ3v) is 3.73. The summed E-state index contributed by atoms with van der Waals surface area (Å²) < 4.78 is 24.0. The fourth-order valence-electron chi connectivity index (χ4n) is 2.47. The Kier molecular flexibility index (Phi) is 7.19. The molecule has 0 bridgehead atoms. The van der Waals surface area contributed by atoms with Crippen LogP contribution in [0.5, 0.6) is 0 Å². The molecular formula is C18H21FN4O5. The van der Waals surface area contributed by atoms with E-state index in [1.807, 2.05) is 0 Å². The Hall–Kier alpha value is -3.30. The highest BCUT2D eigenvalue weighted by Gasteiger charge is 2.33. The number of carbonyl (C=O) groups excluding carboxylic acids is 3. The molecule has 1 amide bonds. The third-order valence-electron chi connectivity index (χ3n) is 3.73. The Balaban J connectivity index is 2.38. The van der Waals surface area contributed by atoms with E-state index in [9.17, 15) is 18.8 Å². The molecule has 0 spiro atoms. The Morgan fingerprint density at radius 1 is 1.07 bits per heavy atom. The van der Waals surface area contributed by atoms with Gasteiger partial charge in [-0.05, 0) is 44.5 Å². The van der Waals surface area contributed by atoms with Gasteiger partial charge in [-0.3, -0.25) is 4.79 Å². The van der Waals surface area contributed by atoms with E-state index in [1.54, 1.807) is 20.8 Å². The van der Waals surface area contributed by atoms with Crippen molar-refractivity contribution in [1.82, 2.24) is 15.0 Å². The first-order chi connectivity index (χ1) is 13.4. The Morgan fingerprint density at radius 3 is 2.25 bits per heavy atom. The first kappa shape index (κ1) is 21.0. The van der Waals surface area contributed by atoms with Gasteiger partial charge in [0.25, 0.3) is 0 Å². The smallest absolute Gasteiger partial charge is 0.361 e. The fourth-order valence-corrected chi connectivity index (χ4v) is 2.47. The van der Waals surface area contributed by atoms with Crippen molar-refractivity contribution in [2.45, 2.75) is 33.2 Å². The molecule has 0 aliphatic carbocycles. The van der Waals surface area contributed by atoms with E-state index in [4.69, 9.17) is 9.47 Å². The van der Waals surface area contributed by atoms with Crippen LogP contribution in [-0.2, 0) is 14.3 Å². The topological polar surface area (TPSA) is 112 Å². The SMILES string of the molecule is CCOC(=O)c1nnn([C@H](CC)C(=O)Nc2ccc(F)cc2)c1C(=O)OCC. The van der Waals surface area contributed by atoms with Crippen LogP contribution >= 0.6 is 0 Å². The minimum absolute atomic E-state index is 0.0604. The third kappa shape index (κ3) is 4.70. The molecule has 0 unspecified atom stereocenters. The van der Waals surface area contributed by atoms with Crippen molar-refractivity contribution in [3.8, 4) is 0 Å². The number of aromatic nitrogens is 3. The molecule has 1 aromatic carbocycles. The molecule has 0 saturated heterocycles. The lowest BCUT2D eigenvalue weighted by Gasteiger charge is -2.17. The van der Waals surface area contributed by atoms with E-state index in [-0.39, 0.29) is 31.0 Å². The summed E-state index contributed by atoms with van der Waals surface area (Å²) in [5.74, 6) is -2.64. The van der Waals surface area contributed by atoms with Gasteiger partial charge in [-0.25, -0.2) is 18.7 Å². The molecule has 150 valence electrons. The number of carbonyl (C=O) groups is 3. The summed E-state index contributed by atoms with van der Waals surface area (Å²) in [6.07, 6.45) is 0.241. The minimum Gasteiger partial charge on any atom is -0.461 e. The van der Waals surface area contributed by atoms with Gasteiger partial charge in [0.1, 0.15) is 11.9 Å². The van der Waals surface area contributed by atoms with E-state index in [2.05, 4.69) is 15.6 Å². The number of rotatable bonds is 8. The van der Waals surface area contributed by atoms with Crippen LogP contribution in [0.4, 0.5) is 10.1 Å². The van der Waals surface area contributed by atoms with E-state index in [0.717, 1.165) is 4.68 Å². The lowest BCUT2D eigenvalue weighted by Crippen LogP contribution is -2.29. The standard InChI is InChI=1S/C18H21FN4O5/c1-4-13(16(24)20-12-9-7-11(19)8-10-12)23-15(18(26)28-6-3)14(21-22-23)17(25)27-5-2/h7-10,13H,4-6H2,1-3H3,(H,20,24)/t13-/m1/s1. The lowest BCUT2D eigenvalue weighted by molar-refractivity contribution is -0.119. The van der Waals surface area contributed by atoms with Crippen LogP contribution in [0.3, 0.4) is 0 Å². The summed E-state index contributed by atoms with van der Waals surface area (Å²) in [6.45, 7) is 5.06. The van der Waals surface area contributed by atoms with Crippen molar-refractivity contribution in [1.29, 1.82) is 0 Å². The monoisotopic (exact) mass is 392 g/mol. The van der Waals surface area contributed by atoms with Crippen LogP contribution in [-0.4, -0.2) is 46.1 Å². The molecule has 1 heterocycles. The summed E-state index contributed by atoms with van der Waals surface area (Å²) in [7, 11) is 0. The molecule has 2 rings (SSSR count). The van der Waals surface area contributed by atoms with Crippen LogP contribution in [0, 0.1) is 5.82 Å². The van der Waals surface area contributed by atoms with Crippen molar-refractivity contribution in [3.05, 3.63) is 41.5 Å². The molecule has 0 aliphatic heterocycles. The summed E-state index contributed by atoms with van der Waals surface area (Å²) in [4.78, 5) is 37.2. The van der Waals surface area contributed by atoms with Gasteiger partial charge in [-0.15, -0.1) is 5.10 Å². The van der Waals surface area contributed by atoms with Crippen molar-refractivity contribution in [2.75, 3.05) is 18.5 Å². The minimum atomic E-state index is -0.958. The van der Waals surface area contributed by atoms with Gasteiger partial charge in [0, 0.05) is 5.69 Å². The molecule has 10 heteroatoms. The quantitative estimate of drug-likeness (QED) is 0.686. The van der Waals surface area contributed by atoms with Crippen LogP contribution < -0.4 is 5.32 Å². The highest BCUT2D eigenvalue weighted by atomic mass is 19.1. The summed E-state index contributed by atoms with van der Waals surface area (Å²) in [5, 5.41) is 10.1. The number of nitrogens with zero attached hydrogens (tertiary/aromatic N) is 3. The number of amides is 1. The predicted octanol–water partition coefficient (Wildman–Crippen LogP) is 2.36. The van der Waals surface area contributed by atoms with Crippen LogP contribution in [0.25, 0.3) is 0 Å². The number of hydrogen-bond donors (Lipinski definition) is 1. The maximum atomic E-state index is 13.0. The maximum Gasteiger partial charge on any atom is 0.361 e. The second-order valence-corrected chi connectivity index (χ2v) is 5.59. The zero-order valence-electron chi connectivity index (χ0n) is 15.8. The second-order valence-electron chi connectivity index (χ2n) is 5.59. The fraction of sp³-hybridized carbons (Fsp3) is 0.389. The highest BCUT2D eigenvalue weighted by molar-refractivity contribution is 6.01. The zero-order valence-corrected chi connectivity index (χ0v) is 15.8. The van der Waals surface area contributed by atoms with Gasteiger partial charge in [0.15, 0.2) is 5.69 Å². The zero-order chi connectivity index (χ0) is 20.7. The number of anilines is 1. The molecule has 0 fully saturated rings. The molecular weight excluding hydrogens is 371 g/mol. The van der Waals surface area contributed by atoms with Gasteiger partial charge >= 0.3 is 11.9 Å². The van der Waals surface area contributed by atoms with Crippen molar-refractivity contribution in [2.24, 2.45) is 0 Å². The summed E-state index contributed by atoms with van der Waals surface area (Å²) in [6, 6.07) is 4.25. The van der Waals surface area contributed by atoms with Crippen molar-refractivity contribution in [3.63, 3.8) is 0 Å². The number of benzene rings is 1. The molecule has 2 aromatic rings. The van der Waals surface area contributed by atoms with Crippen LogP contribution in [0.1, 0.15) is 54.2 Å². The Labute approximate surface area is 160 Å². The van der Waals surface area contributed by atoms with Crippen molar-refractivity contribution >= 4 is 23.5 Å². The van der Waals surface area contributed by atoms with Crippen LogP contribution in [0.15, 0.2) is 24.3 Å². The van der Waals surface area contributed by atoms with Crippen molar-refractivity contribution < 1.29 is 28.2 Å². The molecule has 1 aromatic heterocycles. The molecule has 1 atom stereocenters. The number of hydrogen-bond acceptors (Lipinski definition) is 7. The maximum absolute atomic E-state index is 13.0. The first-order valence-electron chi connectivity index (χ1n) is 8.78. The number of ether oxygens (including phenoxy) is 2. The average Bonchev–Trinajstić information content (AvgIpc) is 3.09. The number of esters is 2. The Bertz CT molecular complexity index is 850. The molecule has 9 nitrogen and oxygen atoms in total. The van der Waals surface area contributed by atoms with Crippen LogP contribution in [0.2, 0.25) is 0 Å². The van der Waals surface area contributed by atoms with E-state index >= 15 is 0 Å². The first-order valence-corrected chi connectivity index (χ1v) is 8.78. The van der Waals surface area contributed by atoms with E-state index in [1.165, 1.54) is 24.3 Å². The molecule has 0 radical (unpaired) electrons. The number of nitrogens with one attached hydrogen (secondary N) is 1. The van der Waals surface area contributed by atoms with Gasteiger partial charge in [0.05, 0.1) is 13.2 Å². The Morgan fingerprint density at radius 2 is 1.68 bits per heavy atom. The highest BCUT2D eigenvalue weighted by Crippen LogP contribution is 2.20. The number of halogens is 1. The second kappa shape index (κ2) is 9.58. The summed E-state index contributed by atoms with van der Waals surface area (Å²) in [5.41, 5.74) is -0.219. The molecule has 0 aliphatic rings. The van der Waals surface area contributed by atoms with E-state index in [0.29, 0.717) is 5.69 Å². The largest absolute Gasteiger partial charge is 0.461 e. The van der Waals surface area contributed by atoms with Gasteiger partial charge in [0.2, 0.25) is 11.6 Å². The normalized spacial score (nSPS) is 11.6. The molecule has 0 saturated carbocycles. The van der Waals surface area contributed by atoms with Gasteiger partial charge in [-0.2, -0.15) is 0 Å². The molecule has 28 heavy (non-hydrogen) atoms. The average molecular weight is 392 g/mol. The van der Waals surface area contributed by atoms with Gasteiger partial charge in [-0.1, -0.05) is 12.1 Å².